The van der Waals surface area contributed by atoms with Gasteiger partial charge in [0.2, 0.25) is 5.91 Å². The Morgan fingerprint density at radius 3 is 2.90 bits per heavy atom. The maximum absolute atomic E-state index is 12.5. The predicted molar refractivity (Wildman–Crippen MR) is 82.6 cm³/mol. The molecule has 20 heavy (non-hydrogen) atoms. The first kappa shape index (κ1) is 15.3. The molecule has 2 rings (SSSR count). The number of hydrogen-bond donors (Lipinski definition) is 1. The second-order valence-electron chi connectivity index (χ2n) is 5.98. The van der Waals surface area contributed by atoms with E-state index in [1.165, 1.54) is 0 Å². The SMILES string of the molecule is CC(C)CC(N)C(=O)N1CCCC1c1cccc(Cl)c1. The molecule has 1 aliphatic heterocycles. The van der Waals surface area contributed by atoms with E-state index in [1.54, 1.807) is 0 Å². The molecule has 1 saturated heterocycles. The number of carbonyl (C=O) groups is 1. The third kappa shape index (κ3) is 3.53. The summed E-state index contributed by atoms with van der Waals surface area (Å²) < 4.78 is 0. The Kier molecular flexibility index (Phi) is 5.06. The Labute approximate surface area is 126 Å². The minimum Gasteiger partial charge on any atom is -0.334 e. The van der Waals surface area contributed by atoms with Crippen LogP contribution in [0.4, 0.5) is 0 Å². The Bertz CT molecular complexity index is 475. The van der Waals surface area contributed by atoms with E-state index in [0.29, 0.717) is 10.9 Å². The highest BCUT2D eigenvalue weighted by Gasteiger charge is 2.32. The number of likely N-dealkylation sites (tertiary alicyclic amines) is 1. The zero-order chi connectivity index (χ0) is 14.7. The van der Waals surface area contributed by atoms with Gasteiger partial charge in [0.15, 0.2) is 0 Å². The summed E-state index contributed by atoms with van der Waals surface area (Å²) in [5, 5.41) is 0.716. The number of rotatable bonds is 4. The molecular formula is C16H23ClN2O. The van der Waals surface area contributed by atoms with E-state index in [-0.39, 0.29) is 11.9 Å². The fraction of sp³-hybridized carbons (Fsp3) is 0.562. The molecule has 1 aromatic carbocycles. The summed E-state index contributed by atoms with van der Waals surface area (Å²) in [7, 11) is 0. The van der Waals surface area contributed by atoms with Crippen LogP contribution in [0.3, 0.4) is 0 Å². The van der Waals surface area contributed by atoms with Crippen LogP contribution in [0.5, 0.6) is 0 Å². The topological polar surface area (TPSA) is 46.3 Å². The van der Waals surface area contributed by atoms with Gasteiger partial charge < -0.3 is 10.6 Å². The van der Waals surface area contributed by atoms with Crippen LogP contribution < -0.4 is 5.73 Å². The lowest BCUT2D eigenvalue weighted by molar-refractivity contribution is -0.133. The molecule has 1 aromatic rings. The normalized spacial score (nSPS) is 20.4. The standard InChI is InChI=1S/C16H23ClN2O/c1-11(2)9-14(18)16(20)19-8-4-7-15(19)12-5-3-6-13(17)10-12/h3,5-6,10-11,14-15H,4,7-9,18H2,1-2H3. The van der Waals surface area contributed by atoms with E-state index >= 15 is 0 Å². The first-order valence-corrected chi connectivity index (χ1v) is 7.68. The Morgan fingerprint density at radius 2 is 2.25 bits per heavy atom. The summed E-state index contributed by atoms with van der Waals surface area (Å²) in [5.41, 5.74) is 7.16. The minimum atomic E-state index is -0.394. The molecule has 0 aromatic heterocycles. The van der Waals surface area contributed by atoms with E-state index in [1.807, 2.05) is 29.2 Å². The summed E-state index contributed by atoms with van der Waals surface area (Å²) in [5.74, 6) is 0.502. The molecule has 1 fully saturated rings. The average molecular weight is 295 g/mol. The van der Waals surface area contributed by atoms with Gasteiger partial charge in [-0.25, -0.2) is 0 Å². The molecule has 110 valence electrons. The summed E-state index contributed by atoms with van der Waals surface area (Å²) >= 11 is 6.05. The Morgan fingerprint density at radius 1 is 1.50 bits per heavy atom. The molecule has 0 spiro atoms. The molecule has 0 radical (unpaired) electrons. The Hall–Kier alpha value is -1.06. The largest absolute Gasteiger partial charge is 0.334 e. The number of carbonyl (C=O) groups excluding carboxylic acids is 1. The third-order valence-corrected chi connectivity index (χ3v) is 4.05. The molecule has 3 nitrogen and oxygen atoms in total. The van der Waals surface area contributed by atoms with Gasteiger partial charge in [-0.15, -0.1) is 0 Å². The number of amides is 1. The van der Waals surface area contributed by atoms with Crippen LogP contribution in [0.25, 0.3) is 0 Å². The van der Waals surface area contributed by atoms with Crippen LogP contribution in [0.1, 0.15) is 44.7 Å². The Balaban J connectivity index is 2.13. The van der Waals surface area contributed by atoms with Crippen LogP contribution >= 0.6 is 11.6 Å². The van der Waals surface area contributed by atoms with Gasteiger partial charge in [0.1, 0.15) is 0 Å². The number of hydrogen-bond acceptors (Lipinski definition) is 2. The maximum atomic E-state index is 12.5. The highest BCUT2D eigenvalue weighted by atomic mass is 35.5. The van der Waals surface area contributed by atoms with E-state index in [2.05, 4.69) is 13.8 Å². The van der Waals surface area contributed by atoms with Crippen molar-refractivity contribution in [1.82, 2.24) is 4.90 Å². The first-order chi connectivity index (χ1) is 9.49. The van der Waals surface area contributed by atoms with Gasteiger partial charge >= 0.3 is 0 Å². The summed E-state index contributed by atoms with van der Waals surface area (Å²) in [6.07, 6.45) is 2.75. The van der Waals surface area contributed by atoms with Gasteiger partial charge in [-0.3, -0.25) is 4.79 Å². The lowest BCUT2D eigenvalue weighted by atomic mass is 10.0. The number of nitrogens with zero attached hydrogens (tertiary/aromatic N) is 1. The summed E-state index contributed by atoms with van der Waals surface area (Å²) in [6, 6.07) is 7.51. The molecule has 1 amide bonds. The van der Waals surface area contributed by atoms with Crippen molar-refractivity contribution in [3.8, 4) is 0 Å². The van der Waals surface area contributed by atoms with Gasteiger partial charge in [0.05, 0.1) is 12.1 Å². The minimum absolute atomic E-state index is 0.0705. The molecular weight excluding hydrogens is 272 g/mol. The zero-order valence-corrected chi connectivity index (χ0v) is 12.9. The number of halogens is 1. The van der Waals surface area contributed by atoms with Gasteiger partial charge in [-0.2, -0.15) is 0 Å². The highest BCUT2D eigenvalue weighted by molar-refractivity contribution is 6.30. The molecule has 2 atom stereocenters. The zero-order valence-electron chi connectivity index (χ0n) is 12.2. The van der Waals surface area contributed by atoms with Crippen molar-refractivity contribution in [1.29, 1.82) is 0 Å². The fourth-order valence-electron chi connectivity index (χ4n) is 2.91. The van der Waals surface area contributed by atoms with E-state index < -0.39 is 6.04 Å². The van der Waals surface area contributed by atoms with Crippen molar-refractivity contribution in [2.75, 3.05) is 6.54 Å². The van der Waals surface area contributed by atoms with Crippen molar-refractivity contribution in [3.63, 3.8) is 0 Å². The van der Waals surface area contributed by atoms with Gasteiger partial charge in [-0.05, 0) is 42.9 Å². The predicted octanol–water partition coefficient (Wildman–Crippen LogP) is 3.38. The summed E-state index contributed by atoms with van der Waals surface area (Å²) in [6.45, 7) is 4.97. The van der Waals surface area contributed by atoms with Gasteiger partial charge in [0, 0.05) is 11.6 Å². The number of benzene rings is 1. The summed E-state index contributed by atoms with van der Waals surface area (Å²) in [4.78, 5) is 14.4. The van der Waals surface area contributed by atoms with E-state index in [9.17, 15) is 4.79 Å². The number of nitrogens with two attached hydrogens (primary N) is 1. The second-order valence-corrected chi connectivity index (χ2v) is 6.42. The van der Waals surface area contributed by atoms with Crippen LogP contribution in [-0.2, 0) is 4.79 Å². The molecule has 2 N–H and O–H groups in total. The molecule has 0 aliphatic carbocycles. The van der Waals surface area contributed by atoms with E-state index in [4.69, 9.17) is 17.3 Å². The van der Waals surface area contributed by atoms with Crippen molar-refractivity contribution >= 4 is 17.5 Å². The second kappa shape index (κ2) is 6.59. The fourth-order valence-corrected chi connectivity index (χ4v) is 3.11. The molecule has 1 heterocycles. The molecule has 0 bridgehead atoms. The van der Waals surface area contributed by atoms with E-state index in [0.717, 1.165) is 31.4 Å². The molecule has 0 saturated carbocycles. The lowest BCUT2D eigenvalue weighted by Crippen LogP contribution is -2.44. The van der Waals surface area contributed by atoms with Crippen molar-refractivity contribution in [2.45, 2.75) is 45.2 Å². The lowest BCUT2D eigenvalue weighted by Gasteiger charge is -2.28. The first-order valence-electron chi connectivity index (χ1n) is 7.30. The van der Waals surface area contributed by atoms with Crippen LogP contribution in [0.15, 0.2) is 24.3 Å². The molecule has 1 aliphatic rings. The third-order valence-electron chi connectivity index (χ3n) is 3.81. The van der Waals surface area contributed by atoms with Crippen molar-refractivity contribution in [2.24, 2.45) is 11.7 Å². The monoisotopic (exact) mass is 294 g/mol. The average Bonchev–Trinajstić information content (AvgIpc) is 2.86. The van der Waals surface area contributed by atoms with Crippen LogP contribution in [-0.4, -0.2) is 23.4 Å². The highest BCUT2D eigenvalue weighted by Crippen LogP contribution is 2.33. The maximum Gasteiger partial charge on any atom is 0.240 e. The smallest absolute Gasteiger partial charge is 0.240 e. The van der Waals surface area contributed by atoms with Gasteiger partial charge in [-0.1, -0.05) is 37.6 Å². The van der Waals surface area contributed by atoms with Gasteiger partial charge in [0.25, 0.3) is 0 Å². The van der Waals surface area contributed by atoms with Crippen molar-refractivity contribution < 1.29 is 4.79 Å². The molecule has 2 unspecified atom stereocenters. The van der Waals surface area contributed by atoms with Crippen molar-refractivity contribution in [3.05, 3.63) is 34.9 Å². The quantitative estimate of drug-likeness (QED) is 0.925. The van der Waals surface area contributed by atoms with Crippen LogP contribution in [0.2, 0.25) is 5.02 Å². The van der Waals surface area contributed by atoms with Crippen LogP contribution in [0, 0.1) is 5.92 Å². The molecule has 4 heteroatoms.